The van der Waals surface area contributed by atoms with Crippen molar-refractivity contribution in [1.82, 2.24) is 4.57 Å². The number of aromatic nitrogens is 1. The van der Waals surface area contributed by atoms with Crippen LogP contribution in [0, 0.1) is 0 Å². The van der Waals surface area contributed by atoms with Crippen LogP contribution in [-0.2, 0) is 5.41 Å². The monoisotopic (exact) mass is 834 g/mol. The van der Waals surface area contributed by atoms with Gasteiger partial charge in [-0.2, -0.15) is 0 Å². The Morgan fingerprint density at radius 2 is 1.22 bits per heavy atom. The van der Waals surface area contributed by atoms with Crippen molar-refractivity contribution < 1.29 is 0 Å². The third-order valence-corrected chi connectivity index (χ3v) is 14.3. The Bertz CT molecular complexity index is 3390. The van der Waals surface area contributed by atoms with Gasteiger partial charge in [0, 0.05) is 39.2 Å². The van der Waals surface area contributed by atoms with Crippen molar-refractivity contribution in [1.29, 1.82) is 0 Å². The first-order chi connectivity index (χ1) is 32.0. The Hall–Kier alpha value is -7.68. The number of benzene rings is 8. The van der Waals surface area contributed by atoms with Gasteiger partial charge in [0.15, 0.2) is 0 Å². The van der Waals surface area contributed by atoms with Crippen molar-refractivity contribution in [2.75, 3.05) is 4.90 Å². The molecular weight excluding hydrogens is 785 g/mol. The predicted molar refractivity (Wildman–Crippen MR) is 276 cm³/mol. The molecule has 2 nitrogen and oxygen atoms in total. The number of fused-ring (bicyclic) bond motifs is 6. The van der Waals surface area contributed by atoms with Gasteiger partial charge < -0.3 is 9.47 Å². The highest BCUT2D eigenvalue weighted by atomic mass is 15.2. The molecule has 2 unspecified atom stereocenters. The van der Waals surface area contributed by atoms with E-state index in [1.807, 2.05) is 0 Å². The Morgan fingerprint density at radius 3 is 2.02 bits per heavy atom. The van der Waals surface area contributed by atoms with Gasteiger partial charge in [-0.05, 0) is 110 Å². The maximum Gasteiger partial charge on any atom is 0.0635 e. The summed E-state index contributed by atoms with van der Waals surface area (Å²) in [6, 6.07) is 72.2. The van der Waals surface area contributed by atoms with E-state index in [4.69, 9.17) is 0 Å². The molecule has 1 aromatic heterocycles. The minimum absolute atomic E-state index is 0.00584. The van der Waals surface area contributed by atoms with Gasteiger partial charge in [-0.1, -0.05) is 208 Å². The molecule has 0 aliphatic heterocycles. The number of para-hydroxylation sites is 1. The van der Waals surface area contributed by atoms with Gasteiger partial charge in [0.1, 0.15) is 0 Å². The molecule has 0 amide bonds. The summed E-state index contributed by atoms with van der Waals surface area (Å²) in [6.07, 6.45) is 16.2. The van der Waals surface area contributed by atoms with Gasteiger partial charge in [0.25, 0.3) is 0 Å². The van der Waals surface area contributed by atoms with E-state index < -0.39 is 0 Å². The van der Waals surface area contributed by atoms with Crippen LogP contribution in [-0.4, -0.2) is 10.6 Å². The highest BCUT2D eigenvalue weighted by Gasteiger charge is 2.41. The average Bonchev–Trinajstić information content (AvgIpc) is 3.83. The molecule has 9 aromatic rings. The lowest BCUT2D eigenvalue weighted by Crippen LogP contribution is -2.38. The predicted octanol–water partition coefficient (Wildman–Crippen LogP) is 16.6. The zero-order valence-corrected chi connectivity index (χ0v) is 36.9. The first-order valence-corrected chi connectivity index (χ1v) is 23.2. The molecule has 2 heteroatoms. The Morgan fingerprint density at radius 1 is 0.538 bits per heavy atom. The lowest BCUT2D eigenvalue weighted by atomic mass is 9.75. The molecule has 0 fully saturated rings. The number of hydrogen-bond donors (Lipinski definition) is 0. The summed E-state index contributed by atoms with van der Waals surface area (Å²) in [5.74, 6) is -0.00584. The quantitative estimate of drug-likeness (QED) is 0.148. The second-order valence-electron chi connectivity index (χ2n) is 18.3. The molecule has 0 saturated carbocycles. The zero-order valence-electron chi connectivity index (χ0n) is 36.9. The van der Waals surface area contributed by atoms with Crippen molar-refractivity contribution in [3.8, 4) is 33.4 Å². The molecule has 1 heterocycles. The molecule has 8 aromatic carbocycles. The van der Waals surface area contributed by atoms with E-state index in [-0.39, 0.29) is 17.4 Å². The fourth-order valence-electron chi connectivity index (χ4n) is 11.3. The third kappa shape index (κ3) is 6.47. The van der Waals surface area contributed by atoms with E-state index in [1.165, 1.54) is 94.4 Å². The number of nitrogens with zero attached hydrogens (tertiary/aromatic N) is 2. The number of hydrogen-bond acceptors (Lipinski definition) is 1. The lowest BCUT2D eigenvalue weighted by molar-refractivity contribution is 0.647. The molecule has 3 aliphatic carbocycles. The highest BCUT2D eigenvalue weighted by Crippen LogP contribution is 2.55. The molecule has 12 rings (SSSR count). The summed E-state index contributed by atoms with van der Waals surface area (Å²) < 4.78 is 2.45. The maximum absolute atomic E-state index is 2.66. The van der Waals surface area contributed by atoms with E-state index in [0.717, 1.165) is 18.5 Å². The molecular formula is C63H50N2. The molecule has 3 aliphatic rings. The second kappa shape index (κ2) is 15.8. The van der Waals surface area contributed by atoms with E-state index >= 15 is 0 Å². The fourth-order valence-corrected chi connectivity index (χ4v) is 11.3. The van der Waals surface area contributed by atoms with E-state index in [2.05, 4.69) is 254 Å². The number of rotatable bonds is 8. The molecule has 0 radical (unpaired) electrons. The summed E-state index contributed by atoms with van der Waals surface area (Å²) in [5, 5.41) is 2.56. The molecule has 65 heavy (non-hydrogen) atoms. The van der Waals surface area contributed by atoms with Gasteiger partial charge >= 0.3 is 0 Å². The van der Waals surface area contributed by atoms with Crippen LogP contribution in [0.3, 0.4) is 0 Å². The van der Waals surface area contributed by atoms with Crippen molar-refractivity contribution >= 4 is 44.5 Å². The maximum atomic E-state index is 2.66. The van der Waals surface area contributed by atoms with Crippen LogP contribution in [0.25, 0.3) is 66.5 Å². The van der Waals surface area contributed by atoms with E-state index in [9.17, 15) is 0 Å². The molecule has 0 bridgehead atoms. The van der Waals surface area contributed by atoms with Gasteiger partial charge in [0.2, 0.25) is 0 Å². The molecule has 0 spiro atoms. The number of allylic oxidation sites excluding steroid dienone is 6. The molecule has 312 valence electrons. The standard InChI is InChI=1S/C63H50N2/c1-63(2)56-32-16-14-27-51(56)55-31-19-35-59(62(55)63)65(58-34-18-30-50(45-22-8-4-9-23-45)61(58)54-29-13-12-26-49(54)44-20-6-3-7-21-44)48-39-36-43(37-40-48)46-38-41-53-52-28-15-17-33-57(52)64(60(53)42-46)47-24-10-5-11-25-47/h3-4,6-10,12-42,58,61H,5,11H2,1-2H3. The van der Waals surface area contributed by atoms with Crippen LogP contribution < -0.4 is 4.90 Å². The molecule has 2 atom stereocenters. The first-order valence-electron chi connectivity index (χ1n) is 23.2. The Balaban J connectivity index is 1.05. The van der Waals surface area contributed by atoms with Crippen LogP contribution in [0.1, 0.15) is 54.9 Å². The van der Waals surface area contributed by atoms with E-state index in [0.29, 0.717) is 0 Å². The van der Waals surface area contributed by atoms with Crippen LogP contribution in [0.15, 0.2) is 231 Å². The van der Waals surface area contributed by atoms with E-state index in [1.54, 1.807) is 0 Å². The first kappa shape index (κ1) is 39.0. The normalized spacial score (nSPS) is 17.1. The lowest BCUT2D eigenvalue weighted by Gasteiger charge is -2.42. The summed E-state index contributed by atoms with van der Waals surface area (Å²) in [5.41, 5.74) is 20.0. The second-order valence-corrected chi connectivity index (χ2v) is 18.3. The summed E-state index contributed by atoms with van der Waals surface area (Å²) >= 11 is 0. The third-order valence-electron chi connectivity index (χ3n) is 14.3. The van der Waals surface area contributed by atoms with Crippen molar-refractivity contribution in [3.05, 3.63) is 253 Å². The zero-order chi connectivity index (χ0) is 43.5. The Labute approximate surface area is 382 Å². The largest absolute Gasteiger partial charge is 0.333 e. The van der Waals surface area contributed by atoms with Gasteiger partial charge in [0.05, 0.1) is 17.1 Å². The molecule has 0 N–H and O–H groups in total. The SMILES string of the molecule is CC1(C)c2ccccc2-c2cccc(N(c3ccc(-c4ccc5c6ccccc6n(C6=CCCC=C6)c5c4)cc3)C3C=CC=C(c4ccccc4)C3c3ccccc3-c3ccccc3)c21. The smallest absolute Gasteiger partial charge is 0.0635 e. The van der Waals surface area contributed by atoms with Gasteiger partial charge in [-0.15, -0.1) is 0 Å². The van der Waals surface area contributed by atoms with Crippen LogP contribution in [0.2, 0.25) is 0 Å². The van der Waals surface area contributed by atoms with Crippen molar-refractivity contribution in [2.24, 2.45) is 0 Å². The van der Waals surface area contributed by atoms with Crippen LogP contribution >= 0.6 is 0 Å². The number of anilines is 2. The van der Waals surface area contributed by atoms with Gasteiger partial charge in [-0.3, -0.25) is 0 Å². The van der Waals surface area contributed by atoms with Crippen LogP contribution in [0.4, 0.5) is 11.4 Å². The highest BCUT2D eigenvalue weighted by molar-refractivity contribution is 6.11. The summed E-state index contributed by atoms with van der Waals surface area (Å²) in [7, 11) is 0. The van der Waals surface area contributed by atoms with Gasteiger partial charge in [-0.25, -0.2) is 0 Å². The minimum Gasteiger partial charge on any atom is -0.333 e. The van der Waals surface area contributed by atoms with Crippen LogP contribution in [0.5, 0.6) is 0 Å². The Kier molecular flexibility index (Phi) is 9.49. The summed E-state index contributed by atoms with van der Waals surface area (Å²) in [6.45, 7) is 4.82. The fraction of sp³-hybridized carbons (Fsp3) is 0.111. The molecule has 0 saturated heterocycles. The topological polar surface area (TPSA) is 8.17 Å². The average molecular weight is 835 g/mol. The van der Waals surface area contributed by atoms with Crippen molar-refractivity contribution in [3.63, 3.8) is 0 Å². The van der Waals surface area contributed by atoms with Crippen molar-refractivity contribution in [2.45, 2.75) is 44.1 Å². The summed E-state index contributed by atoms with van der Waals surface area (Å²) in [4.78, 5) is 2.66. The minimum atomic E-state index is -0.217.